The normalized spacial score (nSPS) is 9.90. The standard InChI is InChI=1S/C15H15NO2S2/c1-2-11-7-9-19-14(11)15(18)16-10-13-6-5-12(20-13)4-3-8-17/h5-7,9,17H,2,8,10H2,1H3,(H,16,18). The molecule has 2 rings (SSSR count). The van der Waals surface area contributed by atoms with Crippen molar-refractivity contribution in [3.8, 4) is 11.8 Å². The molecule has 0 atom stereocenters. The van der Waals surface area contributed by atoms with Crippen LogP contribution in [0.25, 0.3) is 0 Å². The number of nitrogens with one attached hydrogen (secondary N) is 1. The molecule has 0 aliphatic heterocycles. The van der Waals surface area contributed by atoms with Crippen LogP contribution in [0.15, 0.2) is 23.6 Å². The summed E-state index contributed by atoms with van der Waals surface area (Å²) in [6.45, 7) is 2.41. The van der Waals surface area contributed by atoms with E-state index in [1.807, 2.05) is 30.5 Å². The van der Waals surface area contributed by atoms with Crippen molar-refractivity contribution in [1.82, 2.24) is 5.32 Å². The minimum Gasteiger partial charge on any atom is -0.384 e. The highest BCUT2D eigenvalue weighted by Crippen LogP contribution is 2.18. The summed E-state index contributed by atoms with van der Waals surface area (Å²) in [5, 5.41) is 13.5. The molecular weight excluding hydrogens is 290 g/mol. The summed E-state index contributed by atoms with van der Waals surface area (Å²) in [4.78, 5) is 14.8. The summed E-state index contributed by atoms with van der Waals surface area (Å²) in [6, 6.07) is 5.84. The van der Waals surface area contributed by atoms with E-state index in [1.54, 1.807) is 0 Å². The Morgan fingerprint density at radius 3 is 3.00 bits per heavy atom. The summed E-state index contributed by atoms with van der Waals surface area (Å²) >= 11 is 3.00. The van der Waals surface area contributed by atoms with Gasteiger partial charge in [0.05, 0.1) is 16.3 Å². The van der Waals surface area contributed by atoms with Crippen LogP contribution >= 0.6 is 22.7 Å². The third kappa shape index (κ3) is 3.70. The van der Waals surface area contributed by atoms with E-state index in [4.69, 9.17) is 5.11 Å². The number of aryl methyl sites for hydroxylation is 1. The maximum atomic E-state index is 12.1. The zero-order chi connectivity index (χ0) is 14.4. The minimum atomic E-state index is -0.137. The molecular formula is C15H15NO2S2. The fourth-order valence-electron chi connectivity index (χ4n) is 1.73. The van der Waals surface area contributed by atoms with Gasteiger partial charge in [-0.15, -0.1) is 22.7 Å². The lowest BCUT2D eigenvalue weighted by atomic mass is 10.2. The van der Waals surface area contributed by atoms with Gasteiger partial charge in [0, 0.05) is 4.88 Å². The molecule has 2 aromatic heterocycles. The van der Waals surface area contributed by atoms with Crippen LogP contribution in [0.2, 0.25) is 0 Å². The zero-order valence-corrected chi connectivity index (χ0v) is 12.7. The van der Waals surface area contributed by atoms with Crippen LogP contribution in [-0.4, -0.2) is 17.6 Å². The molecule has 0 saturated heterocycles. The highest BCUT2D eigenvalue weighted by Gasteiger charge is 2.11. The smallest absolute Gasteiger partial charge is 0.261 e. The molecule has 2 N–H and O–H groups in total. The van der Waals surface area contributed by atoms with Gasteiger partial charge in [-0.3, -0.25) is 4.79 Å². The van der Waals surface area contributed by atoms with Gasteiger partial charge in [-0.05, 0) is 35.6 Å². The Bertz CT molecular complexity index is 646. The molecule has 0 unspecified atom stereocenters. The third-order valence-electron chi connectivity index (χ3n) is 2.71. The molecule has 1 amide bonds. The maximum Gasteiger partial charge on any atom is 0.261 e. The molecule has 5 heteroatoms. The number of carbonyl (C=O) groups is 1. The second-order valence-corrected chi connectivity index (χ2v) is 6.12. The van der Waals surface area contributed by atoms with Gasteiger partial charge in [0.1, 0.15) is 6.61 Å². The second-order valence-electron chi connectivity index (χ2n) is 4.04. The Morgan fingerprint density at radius 1 is 1.40 bits per heavy atom. The summed E-state index contributed by atoms with van der Waals surface area (Å²) in [5.74, 6) is 5.45. The van der Waals surface area contributed by atoms with Crippen molar-refractivity contribution in [2.45, 2.75) is 19.9 Å². The van der Waals surface area contributed by atoms with Crippen LogP contribution in [0.3, 0.4) is 0 Å². The Kier molecular flexibility index (Phi) is 5.36. The average Bonchev–Trinajstić information content (AvgIpc) is 3.11. The molecule has 3 nitrogen and oxygen atoms in total. The van der Waals surface area contributed by atoms with E-state index in [1.165, 1.54) is 22.7 Å². The molecule has 0 aliphatic rings. The molecule has 2 aromatic rings. The minimum absolute atomic E-state index is 0.0201. The number of rotatable bonds is 4. The lowest BCUT2D eigenvalue weighted by molar-refractivity contribution is 0.0954. The molecule has 20 heavy (non-hydrogen) atoms. The summed E-state index contributed by atoms with van der Waals surface area (Å²) in [7, 11) is 0. The third-order valence-corrected chi connectivity index (χ3v) is 4.67. The number of carbonyl (C=O) groups excluding carboxylic acids is 1. The van der Waals surface area contributed by atoms with Crippen molar-refractivity contribution in [3.05, 3.63) is 43.8 Å². The van der Waals surface area contributed by atoms with E-state index in [2.05, 4.69) is 17.2 Å². The molecule has 2 heterocycles. The van der Waals surface area contributed by atoms with Crippen LogP contribution in [0.1, 0.15) is 31.9 Å². The van der Waals surface area contributed by atoms with Crippen molar-refractivity contribution >= 4 is 28.6 Å². The Hall–Kier alpha value is -1.61. The zero-order valence-electron chi connectivity index (χ0n) is 11.1. The Balaban J connectivity index is 1.95. The van der Waals surface area contributed by atoms with Crippen molar-refractivity contribution < 1.29 is 9.90 Å². The van der Waals surface area contributed by atoms with Gasteiger partial charge in [-0.25, -0.2) is 0 Å². The van der Waals surface area contributed by atoms with Gasteiger partial charge < -0.3 is 10.4 Å². The van der Waals surface area contributed by atoms with Crippen LogP contribution in [0.4, 0.5) is 0 Å². The quantitative estimate of drug-likeness (QED) is 0.853. The number of aliphatic hydroxyl groups excluding tert-OH is 1. The van der Waals surface area contributed by atoms with E-state index >= 15 is 0 Å². The van der Waals surface area contributed by atoms with Gasteiger partial charge in [0.15, 0.2) is 0 Å². The molecule has 0 bridgehead atoms. The topological polar surface area (TPSA) is 49.3 Å². The lowest BCUT2D eigenvalue weighted by Crippen LogP contribution is -2.22. The first kappa shape index (κ1) is 14.8. The molecule has 0 saturated carbocycles. The first-order valence-electron chi connectivity index (χ1n) is 6.27. The van der Waals surface area contributed by atoms with Crippen LogP contribution < -0.4 is 5.32 Å². The summed E-state index contributed by atoms with van der Waals surface area (Å²) < 4.78 is 0. The molecule has 0 spiro atoms. The number of hydrogen-bond acceptors (Lipinski definition) is 4. The first-order valence-corrected chi connectivity index (χ1v) is 7.97. The number of hydrogen-bond donors (Lipinski definition) is 2. The molecule has 104 valence electrons. The predicted octanol–water partition coefficient (Wildman–Crippen LogP) is 2.65. The second kappa shape index (κ2) is 7.25. The number of aliphatic hydroxyl groups is 1. The Morgan fingerprint density at radius 2 is 2.25 bits per heavy atom. The first-order chi connectivity index (χ1) is 9.74. The van der Waals surface area contributed by atoms with Gasteiger partial charge in [0.25, 0.3) is 5.91 Å². The SMILES string of the molecule is CCc1ccsc1C(=O)NCc1ccc(C#CCO)s1. The van der Waals surface area contributed by atoms with Crippen LogP contribution in [0.5, 0.6) is 0 Å². The highest BCUT2D eigenvalue weighted by atomic mass is 32.1. The lowest BCUT2D eigenvalue weighted by Gasteiger charge is -2.03. The largest absolute Gasteiger partial charge is 0.384 e. The highest BCUT2D eigenvalue weighted by molar-refractivity contribution is 7.12. The van der Waals surface area contributed by atoms with E-state index < -0.39 is 0 Å². The Labute approximate surface area is 126 Å². The van der Waals surface area contributed by atoms with Gasteiger partial charge in [0.2, 0.25) is 0 Å². The van der Waals surface area contributed by atoms with E-state index in [9.17, 15) is 4.79 Å². The van der Waals surface area contributed by atoms with Crippen molar-refractivity contribution in [2.24, 2.45) is 0 Å². The van der Waals surface area contributed by atoms with Gasteiger partial charge >= 0.3 is 0 Å². The molecule has 0 radical (unpaired) electrons. The fourth-order valence-corrected chi connectivity index (χ4v) is 3.46. The summed E-state index contributed by atoms with van der Waals surface area (Å²) in [6.07, 6.45) is 0.867. The monoisotopic (exact) mass is 305 g/mol. The number of thiophene rings is 2. The van der Waals surface area contributed by atoms with Gasteiger partial charge in [-0.2, -0.15) is 0 Å². The maximum absolute atomic E-state index is 12.1. The molecule has 0 fully saturated rings. The number of amides is 1. The van der Waals surface area contributed by atoms with Crippen molar-refractivity contribution in [2.75, 3.05) is 6.61 Å². The van der Waals surface area contributed by atoms with Crippen molar-refractivity contribution in [1.29, 1.82) is 0 Å². The molecule has 0 aliphatic carbocycles. The van der Waals surface area contributed by atoms with Crippen LogP contribution in [0, 0.1) is 11.8 Å². The predicted molar refractivity (Wildman–Crippen MR) is 83.2 cm³/mol. The van der Waals surface area contributed by atoms with Gasteiger partial charge in [-0.1, -0.05) is 18.8 Å². The van der Waals surface area contributed by atoms with E-state index in [-0.39, 0.29) is 12.5 Å². The molecule has 0 aromatic carbocycles. The summed E-state index contributed by atoms with van der Waals surface area (Å²) in [5.41, 5.74) is 1.09. The van der Waals surface area contributed by atoms with Crippen molar-refractivity contribution in [3.63, 3.8) is 0 Å². The fraction of sp³-hybridized carbons (Fsp3) is 0.267. The average molecular weight is 305 g/mol. The van der Waals surface area contributed by atoms with E-state index in [0.717, 1.165) is 26.6 Å². The van der Waals surface area contributed by atoms with Crippen LogP contribution in [-0.2, 0) is 13.0 Å². The van der Waals surface area contributed by atoms with E-state index in [0.29, 0.717) is 6.54 Å².